The predicted octanol–water partition coefficient (Wildman–Crippen LogP) is 2.85. The SMILES string of the molecule is O=C(/C=C/c1nccs1)OCC(=O)C1CCCCC1. The third-order valence-corrected chi connectivity index (χ3v) is 3.97. The molecule has 1 aromatic heterocycles. The van der Waals surface area contributed by atoms with Gasteiger partial charge in [0.1, 0.15) is 5.01 Å². The van der Waals surface area contributed by atoms with Crippen molar-refractivity contribution < 1.29 is 14.3 Å². The van der Waals surface area contributed by atoms with Gasteiger partial charge < -0.3 is 4.74 Å². The molecule has 0 saturated heterocycles. The summed E-state index contributed by atoms with van der Waals surface area (Å²) in [5.74, 6) is -0.348. The largest absolute Gasteiger partial charge is 0.455 e. The number of esters is 1. The third-order valence-electron chi connectivity index (χ3n) is 3.23. The number of Topliss-reactive ketones (excluding diaryl/α,β-unsaturated/α-hetero) is 1. The Morgan fingerprint density at radius 1 is 1.37 bits per heavy atom. The van der Waals surface area contributed by atoms with Gasteiger partial charge in [0.25, 0.3) is 0 Å². The highest BCUT2D eigenvalue weighted by Crippen LogP contribution is 2.24. The zero-order chi connectivity index (χ0) is 13.5. The van der Waals surface area contributed by atoms with Gasteiger partial charge in [0.05, 0.1) is 0 Å². The van der Waals surface area contributed by atoms with Crippen LogP contribution in [0.2, 0.25) is 0 Å². The minimum atomic E-state index is -0.487. The van der Waals surface area contributed by atoms with Crippen LogP contribution in [-0.2, 0) is 14.3 Å². The van der Waals surface area contributed by atoms with E-state index in [2.05, 4.69) is 4.98 Å². The van der Waals surface area contributed by atoms with Crippen LogP contribution < -0.4 is 0 Å². The highest BCUT2D eigenvalue weighted by atomic mass is 32.1. The number of nitrogens with zero attached hydrogens (tertiary/aromatic N) is 1. The summed E-state index contributed by atoms with van der Waals surface area (Å²) in [6.45, 7) is -0.105. The third kappa shape index (κ3) is 4.59. The molecule has 0 N–H and O–H groups in total. The van der Waals surface area contributed by atoms with E-state index in [1.807, 2.05) is 5.38 Å². The molecule has 1 heterocycles. The highest BCUT2D eigenvalue weighted by molar-refractivity contribution is 7.10. The zero-order valence-electron chi connectivity index (χ0n) is 10.7. The molecule has 1 fully saturated rings. The van der Waals surface area contributed by atoms with Gasteiger partial charge in [-0.1, -0.05) is 19.3 Å². The Bertz CT molecular complexity index is 447. The molecule has 0 aliphatic heterocycles. The quantitative estimate of drug-likeness (QED) is 0.614. The number of ketones is 1. The average molecular weight is 279 g/mol. The first kappa shape index (κ1) is 13.9. The van der Waals surface area contributed by atoms with Crippen LogP contribution in [0.5, 0.6) is 0 Å². The fourth-order valence-electron chi connectivity index (χ4n) is 2.19. The van der Waals surface area contributed by atoms with Gasteiger partial charge in [-0.25, -0.2) is 9.78 Å². The molecular formula is C14H17NO3S. The normalized spacial score (nSPS) is 16.6. The van der Waals surface area contributed by atoms with Crippen molar-refractivity contribution in [2.24, 2.45) is 5.92 Å². The molecule has 1 aliphatic carbocycles. The van der Waals surface area contributed by atoms with Crippen molar-refractivity contribution in [3.8, 4) is 0 Å². The van der Waals surface area contributed by atoms with Crippen LogP contribution in [0.25, 0.3) is 6.08 Å². The van der Waals surface area contributed by atoms with Gasteiger partial charge in [-0.05, 0) is 18.9 Å². The number of thiazole rings is 1. The summed E-state index contributed by atoms with van der Waals surface area (Å²) in [6.07, 6.45) is 9.87. The molecule has 0 radical (unpaired) electrons. The molecule has 1 saturated carbocycles. The number of ether oxygens (including phenoxy) is 1. The van der Waals surface area contributed by atoms with Gasteiger partial charge in [-0.2, -0.15) is 0 Å². The maximum absolute atomic E-state index is 11.8. The fourth-order valence-corrected chi connectivity index (χ4v) is 2.72. The predicted molar refractivity (Wildman–Crippen MR) is 73.7 cm³/mol. The summed E-state index contributed by atoms with van der Waals surface area (Å²) in [5, 5.41) is 2.58. The Morgan fingerprint density at radius 3 is 2.84 bits per heavy atom. The fraction of sp³-hybridized carbons (Fsp3) is 0.500. The van der Waals surface area contributed by atoms with Crippen LogP contribution in [0.3, 0.4) is 0 Å². The van der Waals surface area contributed by atoms with Crippen LogP contribution >= 0.6 is 11.3 Å². The van der Waals surface area contributed by atoms with Crippen molar-refractivity contribution in [2.45, 2.75) is 32.1 Å². The molecule has 1 aliphatic rings. The van der Waals surface area contributed by atoms with Crippen molar-refractivity contribution in [1.29, 1.82) is 0 Å². The summed E-state index contributed by atoms with van der Waals surface area (Å²) in [7, 11) is 0. The summed E-state index contributed by atoms with van der Waals surface area (Å²) >= 11 is 1.44. The molecule has 19 heavy (non-hydrogen) atoms. The lowest BCUT2D eigenvalue weighted by atomic mass is 9.86. The van der Waals surface area contributed by atoms with Gasteiger partial charge >= 0.3 is 5.97 Å². The van der Waals surface area contributed by atoms with E-state index in [1.165, 1.54) is 23.8 Å². The monoisotopic (exact) mass is 279 g/mol. The number of carbonyl (C=O) groups is 2. The molecule has 5 heteroatoms. The Balaban J connectivity index is 1.72. The lowest BCUT2D eigenvalue weighted by Gasteiger charge is -2.19. The summed E-state index contributed by atoms with van der Waals surface area (Å²) in [4.78, 5) is 27.3. The van der Waals surface area contributed by atoms with E-state index in [9.17, 15) is 9.59 Å². The topological polar surface area (TPSA) is 56.3 Å². The number of hydrogen-bond donors (Lipinski definition) is 0. The summed E-state index contributed by atoms with van der Waals surface area (Å²) < 4.78 is 4.96. The van der Waals surface area contributed by atoms with E-state index in [0.29, 0.717) is 0 Å². The maximum atomic E-state index is 11.8. The molecule has 0 bridgehead atoms. The second-order valence-electron chi connectivity index (χ2n) is 4.61. The van der Waals surface area contributed by atoms with Crippen LogP contribution in [-0.4, -0.2) is 23.3 Å². The molecule has 0 atom stereocenters. The minimum Gasteiger partial charge on any atom is -0.455 e. The molecule has 0 amide bonds. The van der Waals surface area contributed by atoms with Gasteiger partial charge in [-0.3, -0.25) is 4.79 Å². The Kier molecular flexibility index (Phi) is 5.27. The number of hydrogen-bond acceptors (Lipinski definition) is 5. The van der Waals surface area contributed by atoms with Gasteiger partial charge in [0, 0.05) is 23.6 Å². The van der Waals surface area contributed by atoms with Gasteiger partial charge in [-0.15, -0.1) is 11.3 Å². The number of aromatic nitrogens is 1. The van der Waals surface area contributed by atoms with Crippen molar-refractivity contribution in [3.63, 3.8) is 0 Å². The number of carbonyl (C=O) groups excluding carboxylic acids is 2. The molecule has 0 spiro atoms. The van der Waals surface area contributed by atoms with Crippen LogP contribution in [0.15, 0.2) is 17.7 Å². The van der Waals surface area contributed by atoms with E-state index in [-0.39, 0.29) is 18.3 Å². The molecule has 102 valence electrons. The molecule has 4 nitrogen and oxygen atoms in total. The zero-order valence-corrected chi connectivity index (χ0v) is 11.5. The first-order valence-electron chi connectivity index (χ1n) is 6.53. The van der Waals surface area contributed by atoms with Crippen LogP contribution in [0, 0.1) is 5.92 Å². The van der Waals surface area contributed by atoms with Crippen LogP contribution in [0.4, 0.5) is 0 Å². The van der Waals surface area contributed by atoms with E-state index in [0.717, 1.165) is 30.7 Å². The van der Waals surface area contributed by atoms with Gasteiger partial charge in [0.2, 0.25) is 0 Å². The molecule has 2 rings (SSSR count). The van der Waals surface area contributed by atoms with Crippen molar-refractivity contribution >= 4 is 29.2 Å². The van der Waals surface area contributed by atoms with Crippen molar-refractivity contribution in [3.05, 3.63) is 22.7 Å². The number of rotatable bonds is 5. The summed E-state index contributed by atoms with van der Waals surface area (Å²) in [5.41, 5.74) is 0. The molecule has 1 aromatic rings. The van der Waals surface area contributed by atoms with E-state index >= 15 is 0 Å². The first-order valence-corrected chi connectivity index (χ1v) is 7.41. The first-order chi connectivity index (χ1) is 9.25. The van der Waals surface area contributed by atoms with Crippen molar-refractivity contribution in [2.75, 3.05) is 6.61 Å². The maximum Gasteiger partial charge on any atom is 0.331 e. The van der Waals surface area contributed by atoms with Gasteiger partial charge in [0.15, 0.2) is 12.4 Å². The molecule has 0 unspecified atom stereocenters. The van der Waals surface area contributed by atoms with E-state index in [4.69, 9.17) is 4.74 Å². The standard InChI is InChI=1S/C14H17NO3S/c16-12(11-4-2-1-3-5-11)10-18-14(17)7-6-13-15-8-9-19-13/h6-9,11H,1-5,10H2/b7-6+. The second kappa shape index (κ2) is 7.19. The van der Waals surface area contributed by atoms with E-state index < -0.39 is 5.97 Å². The Hall–Kier alpha value is -1.49. The molecule has 0 aromatic carbocycles. The molecular weight excluding hydrogens is 262 g/mol. The highest BCUT2D eigenvalue weighted by Gasteiger charge is 2.21. The smallest absolute Gasteiger partial charge is 0.331 e. The second-order valence-corrected chi connectivity index (χ2v) is 5.54. The Morgan fingerprint density at radius 2 is 2.16 bits per heavy atom. The summed E-state index contributed by atoms with van der Waals surface area (Å²) in [6, 6.07) is 0. The lowest BCUT2D eigenvalue weighted by Crippen LogP contribution is -2.23. The minimum absolute atomic E-state index is 0.0516. The van der Waals surface area contributed by atoms with Crippen LogP contribution in [0.1, 0.15) is 37.1 Å². The lowest BCUT2D eigenvalue weighted by molar-refractivity contribution is -0.144. The van der Waals surface area contributed by atoms with E-state index in [1.54, 1.807) is 12.3 Å². The Labute approximate surface area is 116 Å². The van der Waals surface area contributed by atoms with Crippen molar-refractivity contribution in [1.82, 2.24) is 4.98 Å². The average Bonchev–Trinajstić information content (AvgIpc) is 2.96.